The van der Waals surface area contributed by atoms with E-state index in [1.54, 1.807) is 12.1 Å². The molecular weight excluding hydrogens is 422 g/mol. The van der Waals surface area contributed by atoms with Crippen LogP contribution in [0.25, 0.3) is 11.1 Å². The molecule has 0 aliphatic rings. The second-order valence-electron chi connectivity index (χ2n) is 7.93. The number of hydrogen-bond acceptors (Lipinski definition) is 4. The van der Waals surface area contributed by atoms with Gasteiger partial charge in [-0.15, -0.1) is 0 Å². The Morgan fingerprint density at radius 3 is 2.41 bits per heavy atom. The summed E-state index contributed by atoms with van der Waals surface area (Å²) in [6, 6.07) is 14.7. The van der Waals surface area contributed by atoms with Gasteiger partial charge in [0.05, 0.1) is 4.90 Å². The van der Waals surface area contributed by atoms with Crippen LogP contribution in [0.5, 0.6) is 0 Å². The summed E-state index contributed by atoms with van der Waals surface area (Å²) < 4.78 is 33.1. The fourth-order valence-electron chi connectivity index (χ4n) is 3.53. The zero-order valence-electron chi connectivity index (χ0n) is 19.4. The highest BCUT2D eigenvalue weighted by atomic mass is 32.2. The number of sulfonamides is 1. The van der Waals surface area contributed by atoms with E-state index in [1.807, 2.05) is 49.4 Å². The van der Waals surface area contributed by atoms with E-state index in [-0.39, 0.29) is 4.90 Å². The molecule has 174 valence electrons. The first-order valence-corrected chi connectivity index (χ1v) is 12.8. The predicted octanol–water partition coefficient (Wildman–Crippen LogP) is 6.59. The molecule has 0 fully saturated rings. The minimum Gasteiger partial charge on any atom is -0.441 e. The molecule has 2 aromatic carbocycles. The van der Waals surface area contributed by atoms with Crippen LogP contribution in [0.3, 0.4) is 0 Å². The molecule has 0 aliphatic carbocycles. The summed E-state index contributed by atoms with van der Waals surface area (Å²) >= 11 is 0. The highest BCUT2D eigenvalue weighted by Crippen LogP contribution is 2.31. The van der Waals surface area contributed by atoms with Crippen molar-refractivity contribution in [3.05, 3.63) is 66.7 Å². The van der Waals surface area contributed by atoms with Gasteiger partial charge in [0, 0.05) is 12.6 Å². The number of carbonyl (C=O) groups excluding carboxylic acids is 1. The van der Waals surface area contributed by atoms with Crippen LogP contribution in [0.15, 0.2) is 66.1 Å². The molecule has 6 heteroatoms. The summed E-state index contributed by atoms with van der Waals surface area (Å²) in [4.78, 5) is 12.9. The summed E-state index contributed by atoms with van der Waals surface area (Å²) in [5.41, 5.74) is 2.24. The van der Waals surface area contributed by atoms with E-state index in [0.717, 1.165) is 49.7 Å². The normalized spacial score (nSPS) is 12.2. The number of amides is 1. The van der Waals surface area contributed by atoms with Crippen molar-refractivity contribution in [3.8, 4) is 11.1 Å². The van der Waals surface area contributed by atoms with Crippen LogP contribution in [0.4, 0.5) is 4.79 Å². The topological polar surface area (TPSA) is 63.7 Å². The Morgan fingerprint density at radius 1 is 1.06 bits per heavy atom. The highest BCUT2D eigenvalue weighted by molar-refractivity contribution is 7.89. The van der Waals surface area contributed by atoms with Crippen molar-refractivity contribution in [1.82, 2.24) is 4.31 Å². The summed E-state index contributed by atoms with van der Waals surface area (Å²) in [6.45, 7) is 7.90. The average molecular weight is 458 g/mol. The number of aryl methyl sites for hydroxylation is 1. The maximum atomic E-state index is 13.5. The minimum absolute atomic E-state index is 0.104. The second kappa shape index (κ2) is 12.4. The van der Waals surface area contributed by atoms with Crippen molar-refractivity contribution in [2.24, 2.45) is 0 Å². The van der Waals surface area contributed by atoms with Gasteiger partial charge in [-0.1, -0.05) is 94.7 Å². The Balaban J connectivity index is 2.31. The third-order valence-corrected chi connectivity index (χ3v) is 7.19. The first-order chi connectivity index (χ1) is 15.3. The Kier molecular flexibility index (Phi) is 9.97. The van der Waals surface area contributed by atoms with Crippen molar-refractivity contribution >= 4 is 16.1 Å². The van der Waals surface area contributed by atoms with Gasteiger partial charge in [0.2, 0.25) is 0 Å². The van der Waals surface area contributed by atoms with Gasteiger partial charge in [-0.2, -0.15) is 0 Å². The first-order valence-electron chi connectivity index (χ1n) is 11.4. The molecule has 2 aromatic rings. The average Bonchev–Trinajstić information content (AvgIpc) is 2.81. The van der Waals surface area contributed by atoms with E-state index in [9.17, 15) is 13.2 Å². The lowest BCUT2D eigenvalue weighted by atomic mass is 10.0. The van der Waals surface area contributed by atoms with Crippen LogP contribution in [0.2, 0.25) is 0 Å². The Bertz CT molecular complexity index is 986. The fraction of sp³-hybridized carbons (Fsp3) is 0.423. The maximum Gasteiger partial charge on any atom is 0.424 e. The molecule has 1 unspecified atom stereocenters. The number of rotatable bonds is 12. The quantitative estimate of drug-likeness (QED) is 0.266. The van der Waals surface area contributed by atoms with Crippen LogP contribution >= 0.6 is 0 Å². The van der Waals surface area contributed by atoms with Gasteiger partial charge in [0.15, 0.2) is 0 Å². The number of benzene rings is 2. The second-order valence-corrected chi connectivity index (χ2v) is 9.86. The van der Waals surface area contributed by atoms with E-state index in [0.29, 0.717) is 16.3 Å². The van der Waals surface area contributed by atoms with Gasteiger partial charge in [-0.05, 0) is 36.5 Å². The molecule has 0 saturated heterocycles. The Hall–Kier alpha value is -2.60. The summed E-state index contributed by atoms with van der Waals surface area (Å²) in [5, 5.41) is 0. The maximum absolute atomic E-state index is 13.5. The molecule has 0 spiro atoms. The molecule has 1 amide bonds. The molecule has 0 N–H and O–H groups in total. The zero-order chi connectivity index (χ0) is 23.6. The predicted molar refractivity (Wildman–Crippen MR) is 130 cm³/mol. The third kappa shape index (κ3) is 6.70. The standard InChI is InChI=1S/C26H35NO4S/c1-5-8-9-13-17-23(7-3)31-26(28)27(4)32(29,30)25-20-21(14-6-2)18-19-24(25)22-15-11-10-12-16-22/h7,10-12,15-16,18-20,23H,3,5-6,8-9,13-14,17H2,1-2,4H3. The van der Waals surface area contributed by atoms with Gasteiger partial charge in [-0.25, -0.2) is 17.5 Å². The largest absolute Gasteiger partial charge is 0.441 e. The minimum atomic E-state index is -4.12. The van der Waals surface area contributed by atoms with Crippen LogP contribution in [-0.2, 0) is 21.2 Å². The SMILES string of the molecule is C=CC(CCCCCC)OC(=O)N(C)S(=O)(=O)c1cc(CCC)ccc1-c1ccccc1. The molecule has 0 aliphatic heterocycles. The van der Waals surface area contributed by atoms with Crippen LogP contribution < -0.4 is 0 Å². The van der Waals surface area contributed by atoms with Crippen molar-refractivity contribution in [3.63, 3.8) is 0 Å². The van der Waals surface area contributed by atoms with Crippen molar-refractivity contribution in [2.45, 2.75) is 69.8 Å². The van der Waals surface area contributed by atoms with Crippen molar-refractivity contribution < 1.29 is 17.9 Å². The molecular formula is C26H35NO4S. The molecule has 0 bridgehead atoms. The number of carbonyl (C=O) groups is 1. The summed E-state index contributed by atoms with van der Waals surface area (Å²) in [6.07, 6.45) is 6.57. The van der Waals surface area contributed by atoms with Crippen molar-refractivity contribution in [1.29, 1.82) is 0 Å². The van der Waals surface area contributed by atoms with E-state index in [1.165, 1.54) is 7.05 Å². The van der Waals surface area contributed by atoms with Gasteiger partial charge in [-0.3, -0.25) is 0 Å². The van der Waals surface area contributed by atoms with Gasteiger partial charge >= 0.3 is 6.09 Å². The summed E-state index contributed by atoms with van der Waals surface area (Å²) in [7, 11) is -2.87. The number of nitrogens with zero attached hydrogens (tertiary/aromatic N) is 1. The van der Waals surface area contributed by atoms with Crippen LogP contribution in [-0.4, -0.2) is 32.0 Å². The van der Waals surface area contributed by atoms with Gasteiger partial charge in [0.1, 0.15) is 6.10 Å². The molecule has 32 heavy (non-hydrogen) atoms. The smallest absolute Gasteiger partial charge is 0.424 e. The van der Waals surface area contributed by atoms with E-state index in [4.69, 9.17) is 4.74 Å². The Morgan fingerprint density at radius 2 is 1.78 bits per heavy atom. The lowest BCUT2D eigenvalue weighted by Crippen LogP contribution is -2.36. The Labute approximate surface area is 193 Å². The molecule has 0 aromatic heterocycles. The molecule has 0 saturated carbocycles. The molecule has 2 rings (SSSR count). The first kappa shape index (κ1) is 25.7. The van der Waals surface area contributed by atoms with E-state index in [2.05, 4.69) is 13.5 Å². The monoisotopic (exact) mass is 457 g/mol. The lowest BCUT2D eigenvalue weighted by Gasteiger charge is -2.22. The van der Waals surface area contributed by atoms with Gasteiger partial charge in [0.25, 0.3) is 10.0 Å². The highest BCUT2D eigenvalue weighted by Gasteiger charge is 2.30. The molecule has 1 atom stereocenters. The van der Waals surface area contributed by atoms with E-state index < -0.39 is 22.2 Å². The van der Waals surface area contributed by atoms with Crippen molar-refractivity contribution in [2.75, 3.05) is 7.05 Å². The fourth-order valence-corrected chi connectivity index (χ4v) is 4.83. The van der Waals surface area contributed by atoms with Gasteiger partial charge < -0.3 is 4.74 Å². The molecule has 0 radical (unpaired) electrons. The third-order valence-electron chi connectivity index (χ3n) is 5.42. The molecule has 0 heterocycles. The lowest BCUT2D eigenvalue weighted by molar-refractivity contribution is 0.100. The zero-order valence-corrected chi connectivity index (χ0v) is 20.2. The van der Waals surface area contributed by atoms with Crippen LogP contribution in [0, 0.1) is 0 Å². The van der Waals surface area contributed by atoms with Crippen LogP contribution in [0.1, 0.15) is 57.9 Å². The summed E-state index contributed by atoms with van der Waals surface area (Å²) in [5.74, 6) is 0. The number of ether oxygens (including phenoxy) is 1. The molecule has 5 nitrogen and oxygen atoms in total. The number of unbranched alkanes of at least 4 members (excludes halogenated alkanes) is 3. The number of hydrogen-bond donors (Lipinski definition) is 0. The van der Waals surface area contributed by atoms with E-state index >= 15 is 0 Å².